The lowest BCUT2D eigenvalue weighted by molar-refractivity contribution is 0.0995. The second-order valence-electron chi connectivity index (χ2n) is 4.91. The van der Waals surface area contributed by atoms with E-state index >= 15 is 0 Å². The fourth-order valence-corrected chi connectivity index (χ4v) is 2.21. The number of imidazole rings is 1. The number of pyridine rings is 1. The quantitative estimate of drug-likeness (QED) is 0.549. The zero-order valence-electron chi connectivity index (χ0n) is 11.5. The third-order valence-electron chi connectivity index (χ3n) is 3.39. The number of carbonyl (C=O) groups is 1. The molecular formula is C14H13BN4O3. The summed E-state index contributed by atoms with van der Waals surface area (Å²) in [5, 5.41) is 18.2. The van der Waals surface area contributed by atoms with Crippen LogP contribution in [0, 0.1) is 0 Å². The number of nitrogens with two attached hydrogens (primary N) is 1. The molecule has 0 bridgehead atoms. The topological polar surface area (TPSA) is 114 Å². The molecule has 0 aliphatic heterocycles. The van der Waals surface area contributed by atoms with E-state index in [1.54, 1.807) is 30.7 Å². The van der Waals surface area contributed by atoms with E-state index in [9.17, 15) is 4.79 Å². The highest BCUT2D eigenvalue weighted by molar-refractivity contribution is 6.58. The largest absolute Gasteiger partial charge is 0.488 e. The summed E-state index contributed by atoms with van der Waals surface area (Å²) < 4.78 is 1.89. The normalized spacial score (nSPS) is 10.8. The molecule has 8 heteroatoms. The van der Waals surface area contributed by atoms with Crippen molar-refractivity contribution < 1.29 is 14.8 Å². The molecule has 2 aromatic heterocycles. The van der Waals surface area contributed by atoms with Crippen LogP contribution in [0.25, 0.3) is 11.0 Å². The van der Waals surface area contributed by atoms with Gasteiger partial charge in [-0.3, -0.25) is 4.79 Å². The molecule has 110 valence electrons. The summed E-state index contributed by atoms with van der Waals surface area (Å²) in [6.07, 6.45) is 3.22. The Labute approximate surface area is 126 Å². The number of nitrogens with zero attached hydrogens (tertiary/aromatic N) is 3. The van der Waals surface area contributed by atoms with Crippen molar-refractivity contribution in [3.63, 3.8) is 0 Å². The van der Waals surface area contributed by atoms with Gasteiger partial charge in [0.25, 0.3) is 5.91 Å². The Hall–Kier alpha value is -2.71. The number of fused-ring (bicyclic) bond motifs is 1. The molecule has 3 rings (SSSR count). The molecule has 1 amide bonds. The molecule has 0 saturated heterocycles. The monoisotopic (exact) mass is 296 g/mol. The van der Waals surface area contributed by atoms with E-state index in [0.29, 0.717) is 17.5 Å². The minimum Gasteiger partial charge on any atom is -0.423 e. The summed E-state index contributed by atoms with van der Waals surface area (Å²) in [7, 11) is -1.47. The lowest BCUT2D eigenvalue weighted by Gasteiger charge is -2.06. The molecule has 0 atom stereocenters. The maximum atomic E-state index is 11.1. The van der Waals surface area contributed by atoms with Crippen LogP contribution in [0.1, 0.15) is 16.1 Å². The van der Waals surface area contributed by atoms with Crippen molar-refractivity contribution in [2.24, 2.45) is 5.73 Å². The smallest absolute Gasteiger partial charge is 0.423 e. The third-order valence-corrected chi connectivity index (χ3v) is 3.39. The Balaban J connectivity index is 1.89. The first kappa shape index (κ1) is 14.2. The SMILES string of the molecule is NC(=O)c1cc2ncn(Cc3ccc(B(O)O)cc3)c2cn1. The van der Waals surface area contributed by atoms with Gasteiger partial charge in [-0.1, -0.05) is 24.3 Å². The van der Waals surface area contributed by atoms with Crippen LogP contribution >= 0.6 is 0 Å². The zero-order chi connectivity index (χ0) is 15.7. The summed E-state index contributed by atoms with van der Waals surface area (Å²) in [4.78, 5) is 19.4. The molecule has 1 aromatic carbocycles. The number of hydrogen-bond acceptors (Lipinski definition) is 5. The van der Waals surface area contributed by atoms with E-state index in [4.69, 9.17) is 15.8 Å². The Kier molecular flexibility index (Phi) is 3.62. The number of rotatable bonds is 4. The van der Waals surface area contributed by atoms with Gasteiger partial charge in [0.15, 0.2) is 0 Å². The first-order chi connectivity index (χ1) is 10.5. The first-order valence-corrected chi connectivity index (χ1v) is 6.60. The van der Waals surface area contributed by atoms with Crippen LogP contribution in [0.15, 0.2) is 42.9 Å². The van der Waals surface area contributed by atoms with E-state index in [1.807, 2.05) is 16.7 Å². The number of aromatic nitrogens is 3. The van der Waals surface area contributed by atoms with Crippen molar-refractivity contribution in [3.8, 4) is 0 Å². The van der Waals surface area contributed by atoms with Crippen molar-refractivity contribution in [1.82, 2.24) is 14.5 Å². The van der Waals surface area contributed by atoms with Crippen LogP contribution in [0.3, 0.4) is 0 Å². The predicted octanol–water partition coefficient (Wildman–Crippen LogP) is -0.742. The van der Waals surface area contributed by atoms with Crippen molar-refractivity contribution >= 4 is 29.5 Å². The van der Waals surface area contributed by atoms with E-state index in [-0.39, 0.29) is 5.69 Å². The molecule has 0 unspecified atom stereocenters. The van der Waals surface area contributed by atoms with Crippen LogP contribution in [-0.4, -0.2) is 37.6 Å². The van der Waals surface area contributed by atoms with Crippen molar-refractivity contribution in [3.05, 3.63) is 54.1 Å². The van der Waals surface area contributed by atoms with Gasteiger partial charge in [0.1, 0.15) is 5.69 Å². The molecule has 0 spiro atoms. The standard InChI is InChI=1S/C14H13BN4O3/c16-14(20)12-5-11-13(6-17-12)19(8-18-11)7-9-1-3-10(4-2-9)15(21)22/h1-6,8,21-22H,7H2,(H2,16,20). The Morgan fingerprint density at radius 1 is 1.23 bits per heavy atom. The highest BCUT2D eigenvalue weighted by Crippen LogP contribution is 2.14. The van der Waals surface area contributed by atoms with Crippen LogP contribution in [0.5, 0.6) is 0 Å². The Bertz CT molecular complexity index is 830. The summed E-state index contributed by atoms with van der Waals surface area (Å²) in [5.74, 6) is -0.588. The fraction of sp³-hybridized carbons (Fsp3) is 0.0714. The van der Waals surface area contributed by atoms with Crippen LogP contribution in [0.4, 0.5) is 0 Å². The maximum Gasteiger partial charge on any atom is 0.488 e. The number of primary amides is 1. The number of amides is 1. The highest BCUT2D eigenvalue weighted by atomic mass is 16.4. The van der Waals surface area contributed by atoms with E-state index in [1.165, 1.54) is 0 Å². The molecule has 0 saturated carbocycles. The van der Waals surface area contributed by atoms with Gasteiger partial charge in [-0.2, -0.15) is 0 Å². The Morgan fingerprint density at radius 3 is 2.59 bits per heavy atom. The van der Waals surface area contributed by atoms with Gasteiger partial charge in [-0.15, -0.1) is 0 Å². The lowest BCUT2D eigenvalue weighted by atomic mass is 9.80. The molecule has 7 nitrogen and oxygen atoms in total. The molecule has 22 heavy (non-hydrogen) atoms. The molecule has 3 aromatic rings. The lowest BCUT2D eigenvalue weighted by Crippen LogP contribution is -2.29. The average Bonchev–Trinajstić information content (AvgIpc) is 2.90. The molecule has 0 fully saturated rings. The van der Waals surface area contributed by atoms with Gasteiger partial charge in [0.05, 0.1) is 23.6 Å². The predicted molar refractivity (Wildman–Crippen MR) is 81.4 cm³/mol. The number of hydrogen-bond donors (Lipinski definition) is 3. The van der Waals surface area contributed by atoms with Gasteiger partial charge in [0, 0.05) is 6.54 Å². The molecule has 4 N–H and O–H groups in total. The summed E-state index contributed by atoms with van der Waals surface area (Å²) in [5.41, 5.74) is 8.22. The average molecular weight is 296 g/mol. The van der Waals surface area contributed by atoms with Gasteiger partial charge < -0.3 is 20.3 Å². The van der Waals surface area contributed by atoms with Crippen molar-refractivity contribution in [1.29, 1.82) is 0 Å². The molecule has 0 aliphatic carbocycles. The van der Waals surface area contributed by atoms with E-state index in [2.05, 4.69) is 9.97 Å². The molecular weight excluding hydrogens is 283 g/mol. The van der Waals surface area contributed by atoms with Crippen LogP contribution < -0.4 is 11.2 Å². The zero-order valence-corrected chi connectivity index (χ0v) is 11.5. The number of benzene rings is 1. The molecule has 2 heterocycles. The van der Waals surface area contributed by atoms with Gasteiger partial charge in [-0.05, 0) is 17.1 Å². The second kappa shape index (κ2) is 5.59. The Morgan fingerprint density at radius 2 is 1.95 bits per heavy atom. The third kappa shape index (κ3) is 2.69. The van der Waals surface area contributed by atoms with Gasteiger partial charge in [-0.25, -0.2) is 9.97 Å². The van der Waals surface area contributed by atoms with E-state index in [0.717, 1.165) is 11.1 Å². The first-order valence-electron chi connectivity index (χ1n) is 6.60. The van der Waals surface area contributed by atoms with Crippen molar-refractivity contribution in [2.45, 2.75) is 6.54 Å². The minimum absolute atomic E-state index is 0.180. The molecule has 0 radical (unpaired) electrons. The highest BCUT2D eigenvalue weighted by Gasteiger charge is 2.11. The number of carbonyl (C=O) groups excluding carboxylic acids is 1. The fourth-order valence-electron chi connectivity index (χ4n) is 2.21. The minimum atomic E-state index is -1.47. The van der Waals surface area contributed by atoms with Gasteiger partial charge >= 0.3 is 7.12 Å². The van der Waals surface area contributed by atoms with Gasteiger partial charge in [0.2, 0.25) is 0 Å². The van der Waals surface area contributed by atoms with Crippen LogP contribution in [0.2, 0.25) is 0 Å². The molecule has 0 aliphatic rings. The summed E-state index contributed by atoms with van der Waals surface area (Å²) in [6, 6.07) is 8.49. The van der Waals surface area contributed by atoms with Crippen LogP contribution in [-0.2, 0) is 6.54 Å². The summed E-state index contributed by atoms with van der Waals surface area (Å²) in [6.45, 7) is 0.551. The van der Waals surface area contributed by atoms with Crippen molar-refractivity contribution in [2.75, 3.05) is 0 Å². The second-order valence-corrected chi connectivity index (χ2v) is 4.91. The maximum absolute atomic E-state index is 11.1. The van der Waals surface area contributed by atoms with E-state index < -0.39 is 13.0 Å². The summed E-state index contributed by atoms with van der Waals surface area (Å²) >= 11 is 0.